The molecule has 2 aromatic heterocycles. The van der Waals surface area contributed by atoms with Crippen LogP contribution in [0.25, 0.3) is 11.7 Å². The summed E-state index contributed by atoms with van der Waals surface area (Å²) in [6.07, 6.45) is 8.19. The minimum atomic E-state index is -0.446. The van der Waals surface area contributed by atoms with Crippen LogP contribution in [0.3, 0.4) is 0 Å². The van der Waals surface area contributed by atoms with Gasteiger partial charge in [-0.2, -0.15) is 4.98 Å². The second-order valence-electron chi connectivity index (χ2n) is 5.43. The summed E-state index contributed by atoms with van der Waals surface area (Å²) >= 11 is 0. The first-order chi connectivity index (χ1) is 9.19. The Morgan fingerprint density at radius 2 is 1.95 bits per heavy atom. The first kappa shape index (κ1) is 12.4. The van der Waals surface area contributed by atoms with E-state index in [2.05, 4.69) is 10.1 Å². The van der Waals surface area contributed by atoms with Crippen molar-refractivity contribution in [2.24, 2.45) is 5.73 Å². The van der Waals surface area contributed by atoms with E-state index in [9.17, 15) is 0 Å². The van der Waals surface area contributed by atoms with Gasteiger partial charge in [-0.15, -0.1) is 0 Å². The van der Waals surface area contributed by atoms with Crippen LogP contribution in [0.5, 0.6) is 0 Å². The summed E-state index contributed by atoms with van der Waals surface area (Å²) in [6.45, 7) is 1.95. The summed E-state index contributed by atoms with van der Waals surface area (Å²) in [5, 5.41) is 4.08. The second-order valence-corrected chi connectivity index (χ2v) is 5.43. The lowest BCUT2D eigenvalue weighted by molar-refractivity contribution is 0.333. The third-order valence-corrected chi connectivity index (χ3v) is 3.92. The Bertz CT molecular complexity index is 551. The van der Waals surface area contributed by atoms with Gasteiger partial charge in [-0.1, -0.05) is 30.8 Å². The highest BCUT2D eigenvalue weighted by Gasteiger charge is 2.33. The zero-order valence-corrected chi connectivity index (χ0v) is 11.2. The van der Waals surface area contributed by atoms with Crippen molar-refractivity contribution in [3.8, 4) is 11.7 Å². The van der Waals surface area contributed by atoms with E-state index < -0.39 is 5.54 Å². The second kappa shape index (κ2) is 4.81. The van der Waals surface area contributed by atoms with Crippen molar-refractivity contribution in [1.29, 1.82) is 0 Å². The molecule has 1 aliphatic rings. The summed E-state index contributed by atoms with van der Waals surface area (Å²) in [7, 11) is 0. The van der Waals surface area contributed by atoms with Gasteiger partial charge in [-0.3, -0.25) is 0 Å². The van der Waals surface area contributed by atoms with Gasteiger partial charge in [0.25, 0.3) is 5.89 Å². The smallest absolute Gasteiger partial charge is 0.293 e. The number of furan rings is 1. The molecule has 2 N–H and O–H groups in total. The molecular weight excluding hydrogens is 242 g/mol. The van der Waals surface area contributed by atoms with Crippen LogP contribution in [0, 0.1) is 6.92 Å². The van der Waals surface area contributed by atoms with Crippen LogP contribution in [0.2, 0.25) is 0 Å². The minimum absolute atomic E-state index is 0.423. The molecule has 5 heteroatoms. The molecule has 1 saturated carbocycles. The Labute approximate surface area is 112 Å². The van der Waals surface area contributed by atoms with E-state index in [1.54, 1.807) is 6.26 Å². The maximum atomic E-state index is 6.47. The minimum Gasteiger partial charge on any atom is -0.459 e. The van der Waals surface area contributed by atoms with Crippen molar-refractivity contribution >= 4 is 0 Å². The van der Waals surface area contributed by atoms with Gasteiger partial charge in [-0.25, -0.2) is 0 Å². The van der Waals surface area contributed by atoms with E-state index in [1.807, 2.05) is 13.0 Å². The monoisotopic (exact) mass is 261 g/mol. The Kier molecular flexibility index (Phi) is 3.14. The zero-order chi connectivity index (χ0) is 13.3. The van der Waals surface area contributed by atoms with Crippen molar-refractivity contribution in [2.45, 2.75) is 51.0 Å². The molecule has 2 aromatic rings. The largest absolute Gasteiger partial charge is 0.459 e. The SMILES string of the molecule is Cc1ccoc1-c1nc(C2(N)CCCCCC2)no1. The maximum absolute atomic E-state index is 6.47. The van der Waals surface area contributed by atoms with Crippen molar-refractivity contribution in [3.63, 3.8) is 0 Å². The molecule has 5 nitrogen and oxygen atoms in total. The first-order valence-corrected chi connectivity index (χ1v) is 6.87. The number of aromatic nitrogens is 2. The van der Waals surface area contributed by atoms with E-state index in [0.717, 1.165) is 31.2 Å². The molecule has 102 valence electrons. The molecule has 0 radical (unpaired) electrons. The number of hydrogen-bond donors (Lipinski definition) is 1. The Morgan fingerprint density at radius 3 is 2.58 bits per heavy atom. The van der Waals surface area contributed by atoms with Crippen LogP contribution in [-0.2, 0) is 5.54 Å². The van der Waals surface area contributed by atoms with Crippen LogP contribution >= 0.6 is 0 Å². The zero-order valence-electron chi connectivity index (χ0n) is 11.2. The van der Waals surface area contributed by atoms with Gasteiger partial charge in [-0.05, 0) is 25.8 Å². The lowest BCUT2D eigenvalue weighted by atomic mass is 9.91. The number of aryl methyl sites for hydroxylation is 1. The molecule has 0 aliphatic heterocycles. The van der Waals surface area contributed by atoms with Crippen LogP contribution in [0.4, 0.5) is 0 Å². The quantitative estimate of drug-likeness (QED) is 0.840. The van der Waals surface area contributed by atoms with E-state index >= 15 is 0 Å². The molecule has 19 heavy (non-hydrogen) atoms. The van der Waals surface area contributed by atoms with Gasteiger partial charge in [0, 0.05) is 5.56 Å². The number of nitrogens with two attached hydrogens (primary N) is 1. The maximum Gasteiger partial charge on any atom is 0.293 e. The summed E-state index contributed by atoms with van der Waals surface area (Å²) in [6, 6.07) is 1.88. The molecule has 0 spiro atoms. The summed E-state index contributed by atoms with van der Waals surface area (Å²) < 4.78 is 10.7. The highest BCUT2D eigenvalue weighted by molar-refractivity contribution is 5.49. The Morgan fingerprint density at radius 1 is 1.21 bits per heavy atom. The van der Waals surface area contributed by atoms with Gasteiger partial charge >= 0.3 is 0 Å². The fraction of sp³-hybridized carbons (Fsp3) is 0.571. The molecule has 2 heterocycles. The van der Waals surface area contributed by atoms with Crippen molar-refractivity contribution in [1.82, 2.24) is 10.1 Å². The lowest BCUT2D eigenvalue weighted by Crippen LogP contribution is -2.37. The van der Waals surface area contributed by atoms with Gasteiger partial charge in [0.1, 0.15) is 0 Å². The number of nitrogens with zero attached hydrogens (tertiary/aromatic N) is 2. The van der Waals surface area contributed by atoms with Crippen LogP contribution in [0.15, 0.2) is 21.3 Å². The summed E-state index contributed by atoms with van der Waals surface area (Å²) in [4.78, 5) is 4.45. The summed E-state index contributed by atoms with van der Waals surface area (Å²) in [5.74, 6) is 1.67. The standard InChI is InChI=1S/C14H19N3O2/c1-10-6-9-18-11(10)12-16-13(17-19-12)14(15)7-4-2-3-5-8-14/h6,9H,2-5,7-8,15H2,1H3. The molecule has 1 fully saturated rings. The van der Waals surface area contributed by atoms with E-state index in [4.69, 9.17) is 14.7 Å². The molecular formula is C14H19N3O2. The highest BCUT2D eigenvalue weighted by Crippen LogP contribution is 2.33. The Balaban J connectivity index is 1.90. The first-order valence-electron chi connectivity index (χ1n) is 6.87. The van der Waals surface area contributed by atoms with E-state index in [-0.39, 0.29) is 0 Å². The lowest BCUT2D eigenvalue weighted by Gasteiger charge is -2.23. The number of hydrogen-bond acceptors (Lipinski definition) is 5. The van der Waals surface area contributed by atoms with Gasteiger partial charge < -0.3 is 14.7 Å². The average molecular weight is 261 g/mol. The summed E-state index contributed by atoms with van der Waals surface area (Å²) in [5.41, 5.74) is 7.01. The molecule has 0 atom stereocenters. The molecule has 0 aromatic carbocycles. The molecule has 0 bridgehead atoms. The number of rotatable bonds is 2. The van der Waals surface area contributed by atoms with Crippen LogP contribution < -0.4 is 5.73 Å². The van der Waals surface area contributed by atoms with Gasteiger partial charge in [0.15, 0.2) is 11.6 Å². The molecule has 3 rings (SSSR count). The van der Waals surface area contributed by atoms with Gasteiger partial charge in [0.05, 0.1) is 11.8 Å². The average Bonchev–Trinajstić information content (AvgIpc) is 2.97. The molecule has 1 aliphatic carbocycles. The van der Waals surface area contributed by atoms with E-state index in [0.29, 0.717) is 17.5 Å². The predicted molar refractivity (Wildman–Crippen MR) is 70.3 cm³/mol. The van der Waals surface area contributed by atoms with Crippen LogP contribution in [-0.4, -0.2) is 10.1 Å². The van der Waals surface area contributed by atoms with Crippen molar-refractivity contribution in [3.05, 3.63) is 23.7 Å². The Hall–Kier alpha value is -1.62. The van der Waals surface area contributed by atoms with E-state index in [1.165, 1.54) is 12.8 Å². The van der Waals surface area contributed by atoms with Crippen molar-refractivity contribution < 1.29 is 8.94 Å². The fourth-order valence-corrected chi connectivity index (χ4v) is 2.69. The molecule has 0 unspecified atom stereocenters. The molecule has 0 saturated heterocycles. The van der Waals surface area contributed by atoms with Crippen LogP contribution in [0.1, 0.15) is 49.9 Å². The fourth-order valence-electron chi connectivity index (χ4n) is 2.69. The third kappa shape index (κ3) is 2.30. The highest BCUT2D eigenvalue weighted by atomic mass is 16.5. The topological polar surface area (TPSA) is 78.1 Å². The third-order valence-electron chi connectivity index (χ3n) is 3.92. The van der Waals surface area contributed by atoms with Gasteiger partial charge in [0.2, 0.25) is 0 Å². The van der Waals surface area contributed by atoms with Crippen molar-refractivity contribution in [2.75, 3.05) is 0 Å². The normalized spacial score (nSPS) is 19.3. The predicted octanol–water partition coefficient (Wildman–Crippen LogP) is 3.15. The molecule has 0 amide bonds.